The van der Waals surface area contributed by atoms with Crippen LogP contribution in [0, 0.1) is 0 Å². The number of rotatable bonds is 3. The van der Waals surface area contributed by atoms with Crippen molar-refractivity contribution in [3.05, 3.63) is 54.1 Å². The fraction of sp³-hybridized carbons (Fsp3) is 0.0909. The molecule has 4 nitrogen and oxygen atoms in total. The van der Waals surface area contributed by atoms with Crippen molar-refractivity contribution in [2.75, 3.05) is 0 Å². The Bertz CT molecular complexity index is 436. The molecule has 0 saturated heterocycles. The highest BCUT2D eigenvalue weighted by Gasteiger charge is 2.21. The number of aromatic nitrogens is 2. The number of benzene rings is 1. The standard InChI is InChI=1S/C11H11N3O/c12-11(15)10(9-6-13-7-14-9)8-4-2-1-3-5-8/h1-7,10H,(H2,12,15)(H,13,14). The summed E-state index contributed by atoms with van der Waals surface area (Å²) >= 11 is 0. The minimum absolute atomic E-state index is 0.395. The number of imidazole rings is 1. The van der Waals surface area contributed by atoms with Gasteiger partial charge < -0.3 is 10.7 Å². The Balaban J connectivity index is 2.42. The summed E-state index contributed by atoms with van der Waals surface area (Å²) in [5.41, 5.74) is 6.87. The van der Waals surface area contributed by atoms with Crippen LogP contribution in [0.25, 0.3) is 0 Å². The highest BCUT2D eigenvalue weighted by molar-refractivity contribution is 5.84. The zero-order valence-corrected chi connectivity index (χ0v) is 8.05. The number of carbonyl (C=O) groups excluding carboxylic acids is 1. The second-order valence-electron chi connectivity index (χ2n) is 3.24. The van der Waals surface area contributed by atoms with Crippen molar-refractivity contribution in [3.8, 4) is 0 Å². The van der Waals surface area contributed by atoms with E-state index >= 15 is 0 Å². The van der Waals surface area contributed by atoms with Crippen LogP contribution in [0.2, 0.25) is 0 Å². The minimum atomic E-state index is -0.475. The predicted molar refractivity (Wildman–Crippen MR) is 56.1 cm³/mol. The van der Waals surface area contributed by atoms with Crippen LogP contribution in [0.1, 0.15) is 17.2 Å². The molecule has 4 heteroatoms. The third kappa shape index (κ3) is 1.88. The molecular weight excluding hydrogens is 190 g/mol. The first-order chi connectivity index (χ1) is 7.29. The van der Waals surface area contributed by atoms with E-state index in [0.29, 0.717) is 5.69 Å². The second-order valence-corrected chi connectivity index (χ2v) is 3.24. The smallest absolute Gasteiger partial charge is 0.231 e. The number of hydrogen-bond acceptors (Lipinski definition) is 2. The van der Waals surface area contributed by atoms with Crippen LogP contribution >= 0.6 is 0 Å². The summed E-state index contributed by atoms with van der Waals surface area (Å²) in [7, 11) is 0. The maximum Gasteiger partial charge on any atom is 0.231 e. The predicted octanol–water partition coefficient (Wildman–Crippen LogP) is 1.03. The lowest BCUT2D eigenvalue weighted by atomic mass is 9.96. The number of amides is 1. The number of nitrogens with one attached hydrogen (secondary N) is 1. The van der Waals surface area contributed by atoms with Crippen molar-refractivity contribution in [2.24, 2.45) is 5.73 Å². The zero-order valence-electron chi connectivity index (χ0n) is 8.05. The molecule has 3 N–H and O–H groups in total. The van der Waals surface area contributed by atoms with Gasteiger partial charge in [-0.15, -0.1) is 0 Å². The molecule has 0 radical (unpaired) electrons. The van der Waals surface area contributed by atoms with Crippen molar-refractivity contribution >= 4 is 5.91 Å². The Morgan fingerprint density at radius 1 is 1.33 bits per heavy atom. The van der Waals surface area contributed by atoms with Gasteiger partial charge >= 0.3 is 0 Å². The average molecular weight is 201 g/mol. The van der Waals surface area contributed by atoms with Gasteiger partial charge in [0.25, 0.3) is 0 Å². The van der Waals surface area contributed by atoms with Gasteiger partial charge in [-0.1, -0.05) is 30.3 Å². The number of H-pyrrole nitrogens is 1. The molecule has 1 atom stereocenters. The summed E-state index contributed by atoms with van der Waals surface area (Å²) in [6.45, 7) is 0. The summed E-state index contributed by atoms with van der Waals surface area (Å²) in [5, 5.41) is 0. The van der Waals surface area contributed by atoms with Crippen molar-refractivity contribution in [1.29, 1.82) is 0 Å². The molecule has 0 aliphatic heterocycles. The van der Waals surface area contributed by atoms with Gasteiger partial charge in [-0.2, -0.15) is 0 Å². The van der Waals surface area contributed by atoms with Crippen molar-refractivity contribution in [2.45, 2.75) is 5.92 Å². The lowest BCUT2D eigenvalue weighted by molar-refractivity contribution is -0.118. The molecule has 1 aromatic heterocycles. The maximum atomic E-state index is 11.4. The van der Waals surface area contributed by atoms with Gasteiger partial charge in [-0.3, -0.25) is 4.79 Å². The number of nitrogens with two attached hydrogens (primary N) is 1. The third-order valence-electron chi connectivity index (χ3n) is 2.23. The SMILES string of the molecule is NC(=O)C(c1ccccc1)c1c[nH]cn1. The molecule has 0 saturated carbocycles. The highest BCUT2D eigenvalue weighted by Crippen LogP contribution is 2.21. The number of carbonyl (C=O) groups is 1. The van der Waals surface area contributed by atoms with Crippen LogP contribution in [0.4, 0.5) is 0 Å². The zero-order chi connectivity index (χ0) is 10.7. The van der Waals surface area contributed by atoms with Gasteiger partial charge in [0.2, 0.25) is 5.91 Å². The van der Waals surface area contributed by atoms with Gasteiger partial charge in [0, 0.05) is 6.20 Å². The molecule has 0 bridgehead atoms. The summed E-state index contributed by atoms with van der Waals surface area (Å²) < 4.78 is 0. The normalized spacial score (nSPS) is 12.3. The fourth-order valence-corrected chi connectivity index (χ4v) is 1.56. The van der Waals surface area contributed by atoms with Gasteiger partial charge in [0.15, 0.2) is 0 Å². The summed E-state index contributed by atoms with van der Waals surface area (Å²) in [5.74, 6) is -0.870. The van der Waals surface area contributed by atoms with E-state index < -0.39 is 11.8 Å². The first kappa shape index (κ1) is 9.45. The molecule has 1 unspecified atom stereocenters. The molecule has 1 aromatic carbocycles. The van der Waals surface area contributed by atoms with E-state index in [-0.39, 0.29) is 0 Å². The molecule has 2 rings (SSSR count). The van der Waals surface area contributed by atoms with E-state index in [1.54, 1.807) is 6.20 Å². The molecule has 0 aliphatic carbocycles. The Hall–Kier alpha value is -2.10. The van der Waals surface area contributed by atoms with E-state index in [2.05, 4.69) is 9.97 Å². The van der Waals surface area contributed by atoms with Crippen molar-refractivity contribution < 1.29 is 4.79 Å². The number of primary amides is 1. The van der Waals surface area contributed by atoms with Gasteiger partial charge in [0.1, 0.15) is 5.92 Å². The third-order valence-corrected chi connectivity index (χ3v) is 2.23. The summed E-state index contributed by atoms with van der Waals surface area (Å²) in [6.07, 6.45) is 3.22. The molecule has 2 aromatic rings. The largest absolute Gasteiger partial charge is 0.369 e. The number of nitrogens with zero attached hydrogens (tertiary/aromatic N) is 1. The topological polar surface area (TPSA) is 71.8 Å². The lowest BCUT2D eigenvalue weighted by Gasteiger charge is -2.10. The molecular formula is C11H11N3O. The lowest BCUT2D eigenvalue weighted by Crippen LogP contribution is -2.22. The molecule has 0 aliphatic rings. The van der Waals surface area contributed by atoms with E-state index in [1.807, 2.05) is 30.3 Å². The Morgan fingerprint density at radius 3 is 2.60 bits per heavy atom. The van der Waals surface area contributed by atoms with Crippen LogP contribution in [0.5, 0.6) is 0 Å². The van der Waals surface area contributed by atoms with E-state index in [4.69, 9.17) is 5.73 Å². The molecule has 0 fully saturated rings. The van der Waals surface area contributed by atoms with Crippen LogP contribution in [0.15, 0.2) is 42.9 Å². The summed E-state index contributed by atoms with van der Waals surface area (Å²) in [6, 6.07) is 9.37. The van der Waals surface area contributed by atoms with Gasteiger partial charge in [-0.05, 0) is 5.56 Å². The van der Waals surface area contributed by atoms with Gasteiger partial charge in [-0.25, -0.2) is 4.98 Å². The number of aromatic amines is 1. The Kier molecular flexibility index (Phi) is 2.49. The highest BCUT2D eigenvalue weighted by atomic mass is 16.1. The van der Waals surface area contributed by atoms with Crippen molar-refractivity contribution in [1.82, 2.24) is 9.97 Å². The first-order valence-corrected chi connectivity index (χ1v) is 4.62. The number of hydrogen-bond donors (Lipinski definition) is 2. The van der Waals surface area contributed by atoms with Crippen molar-refractivity contribution in [3.63, 3.8) is 0 Å². The summed E-state index contributed by atoms with van der Waals surface area (Å²) in [4.78, 5) is 18.2. The molecule has 1 amide bonds. The molecule has 1 heterocycles. The van der Waals surface area contributed by atoms with Crippen LogP contribution in [0.3, 0.4) is 0 Å². The first-order valence-electron chi connectivity index (χ1n) is 4.62. The minimum Gasteiger partial charge on any atom is -0.369 e. The van der Waals surface area contributed by atoms with Crippen LogP contribution < -0.4 is 5.73 Å². The quantitative estimate of drug-likeness (QED) is 0.778. The van der Waals surface area contributed by atoms with E-state index in [0.717, 1.165) is 5.56 Å². The van der Waals surface area contributed by atoms with E-state index in [9.17, 15) is 4.79 Å². The molecule has 15 heavy (non-hydrogen) atoms. The molecule has 76 valence electrons. The van der Waals surface area contributed by atoms with Crippen LogP contribution in [-0.2, 0) is 4.79 Å². The molecule has 0 spiro atoms. The Labute approximate surface area is 87.1 Å². The fourth-order valence-electron chi connectivity index (χ4n) is 1.56. The van der Waals surface area contributed by atoms with Crippen LogP contribution in [-0.4, -0.2) is 15.9 Å². The maximum absolute atomic E-state index is 11.4. The average Bonchev–Trinajstić information content (AvgIpc) is 2.72. The van der Waals surface area contributed by atoms with Gasteiger partial charge in [0.05, 0.1) is 12.0 Å². The second kappa shape index (κ2) is 3.96. The van der Waals surface area contributed by atoms with E-state index in [1.165, 1.54) is 6.33 Å². The monoisotopic (exact) mass is 201 g/mol. The Morgan fingerprint density at radius 2 is 2.07 bits per heavy atom.